The summed E-state index contributed by atoms with van der Waals surface area (Å²) >= 11 is 1.34. The molecule has 0 saturated carbocycles. The van der Waals surface area contributed by atoms with E-state index in [2.05, 4.69) is 15.6 Å². The van der Waals surface area contributed by atoms with Gasteiger partial charge in [-0.3, -0.25) is 9.59 Å². The van der Waals surface area contributed by atoms with Gasteiger partial charge in [0.2, 0.25) is 5.91 Å². The minimum atomic E-state index is -0.198. The van der Waals surface area contributed by atoms with E-state index in [0.29, 0.717) is 21.9 Å². The van der Waals surface area contributed by atoms with Crippen molar-refractivity contribution < 1.29 is 9.59 Å². The zero-order chi connectivity index (χ0) is 17.1. The van der Waals surface area contributed by atoms with E-state index in [1.807, 2.05) is 36.0 Å². The molecule has 0 aliphatic carbocycles. The van der Waals surface area contributed by atoms with Crippen molar-refractivity contribution in [2.24, 2.45) is 0 Å². The minimum Gasteiger partial charge on any atom is -0.326 e. The number of nitrogens with zero attached hydrogens (tertiary/aromatic N) is 2. The van der Waals surface area contributed by atoms with Crippen molar-refractivity contribution in [3.8, 4) is 5.13 Å². The van der Waals surface area contributed by atoms with Gasteiger partial charge in [0.15, 0.2) is 5.13 Å². The Morgan fingerprint density at radius 1 is 1.04 bits per heavy atom. The SMILES string of the molecule is CC(=O)Nc1ccc(NC(=O)c2sc(-n3cccc3)nc2C)cc1. The highest BCUT2D eigenvalue weighted by Crippen LogP contribution is 2.23. The second-order valence-corrected chi connectivity index (χ2v) is 6.19. The number of aryl methyl sites for hydroxylation is 1. The molecule has 0 aliphatic heterocycles. The van der Waals surface area contributed by atoms with Crippen LogP contribution >= 0.6 is 11.3 Å². The smallest absolute Gasteiger partial charge is 0.267 e. The van der Waals surface area contributed by atoms with E-state index in [0.717, 1.165) is 5.13 Å². The molecule has 122 valence electrons. The molecular formula is C17H16N4O2S. The summed E-state index contributed by atoms with van der Waals surface area (Å²) in [5, 5.41) is 6.28. The van der Waals surface area contributed by atoms with Crippen LogP contribution in [0.2, 0.25) is 0 Å². The lowest BCUT2D eigenvalue weighted by atomic mass is 10.2. The Morgan fingerprint density at radius 3 is 2.21 bits per heavy atom. The maximum absolute atomic E-state index is 12.5. The van der Waals surface area contributed by atoms with Gasteiger partial charge in [0.1, 0.15) is 4.88 Å². The van der Waals surface area contributed by atoms with Gasteiger partial charge >= 0.3 is 0 Å². The highest BCUT2D eigenvalue weighted by atomic mass is 32.1. The third kappa shape index (κ3) is 3.52. The van der Waals surface area contributed by atoms with Crippen molar-refractivity contribution in [3.05, 3.63) is 59.4 Å². The van der Waals surface area contributed by atoms with Gasteiger partial charge in [-0.15, -0.1) is 0 Å². The third-order valence-electron chi connectivity index (χ3n) is 3.28. The van der Waals surface area contributed by atoms with Crippen LogP contribution in [0.1, 0.15) is 22.3 Å². The van der Waals surface area contributed by atoms with Crippen molar-refractivity contribution in [1.29, 1.82) is 0 Å². The number of aromatic nitrogens is 2. The van der Waals surface area contributed by atoms with Gasteiger partial charge in [0.25, 0.3) is 5.91 Å². The van der Waals surface area contributed by atoms with Gasteiger partial charge in [-0.1, -0.05) is 11.3 Å². The molecule has 7 heteroatoms. The molecule has 1 aromatic carbocycles. The number of thiazole rings is 1. The van der Waals surface area contributed by atoms with Crippen LogP contribution in [0.5, 0.6) is 0 Å². The Labute approximate surface area is 143 Å². The second-order valence-electron chi connectivity index (χ2n) is 5.21. The highest BCUT2D eigenvalue weighted by Gasteiger charge is 2.16. The van der Waals surface area contributed by atoms with Gasteiger partial charge in [-0.25, -0.2) is 4.98 Å². The molecule has 2 amide bonds. The standard InChI is InChI=1S/C17H16N4O2S/c1-11-15(24-17(18-11)21-9-3-4-10-21)16(23)20-14-7-5-13(6-8-14)19-12(2)22/h3-10H,1-2H3,(H,19,22)(H,20,23). The fraction of sp³-hybridized carbons (Fsp3) is 0.118. The Balaban J connectivity index is 1.74. The molecule has 0 bridgehead atoms. The molecule has 0 aliphatic rings. The first kappa shape index (κ1) is 15.9. The molecule has 6 nitrogen and oxygen atoms in total. The zero-order valence-electron chi connectivity index (χ0n) is 13.2. The quantitative estimate of drug-likeness (QED) is 0.764. The lowest BCUT2D eigenvalue weighted by molar-refractivity contribution is -0.114. The van der Waals surface area contributed by atoms with Crippen molar-refractivity contribution >= 4 is 34.5 Å². The molecule has 0 spiro atoms. The summed E-state index contributed by atoms with van der Waals surface area (Å²) in [6.45, 7) is 3.27. The molecule has 3 aromatic rings. The molecular weight excluding hydrogens is 324 g/mol. The normalized spacial score (nSPS) is 10.4. The lowest BCUT2D eigenvalue weighted by Crippen LogP contribution is -2.11. The Morgan fingerprint density at radius 2 is 1.62 bits per heavy atom. The van der Waals surface area contributed by atoms with Crippen LogP contribution < -0.4 is 10.6 Å². The van der Waals surface area contributed by atoms with E-state index in [9.17, 15) is 9.59 Å². The van der Waals surface area contributed by atoms with E-state index in [1.165, 1.54) is 18.3 Å². The van der Waals surface area contributed by atoms with Gasteiger partial charge in [0, 0.05) is 30.7 Å². The third-order valence-corrected chi connectivity index (χ3v) is 4.45. The number of carbonyl (C=O) groups is 2. The predicted molar refractivity (Wildman–Crippen MR) is 94.9 cm³/mol. The average molecular weight is 340 g/mol. The number of anilines is 2. The summed E-state index contributed by atoms with van der Waals surface area (Å²) in [6.07, 6.45) is 3.78. The predicted octanol–water partition coefficient (Wildman–Crippen LogP) is 3.45. The number of hydrogen-bond donors (Lipinski definition) is 2. The van der Waals surface area contributed by atoms with E-state index >= 15 is 0 Å². The summed E-state index contributed by atoms with van der Waals surface area (Å²) in [5.41, 5.74) is 2.03. The van der Waals surface area contributed by atoms with Crippen LogP contribution in [0.15, 0.2) is 48.8 Å². The molecule has 2 N–H and O–H groups in total. The Bertz CT molecular complexity index is 867. The molecule has 2 heterocycles. The Kier molecular flexibility index (Phi) is 4.43. The molecule has 0 unspecified atom stereocenters. The highest BCUT2D eigenvalue weighted by molar-refractivity contribution is 7.16. The van der Waals surface area contributed by atoms with Gasteiger partial charge in [-0.2, -0.15) is 0 Å². The van der Waals surface area contributed by atoms with Gasteiger partial charge in [0.05, 0.1) is 5.69 Å². The van der Waals surface area contributed by atoms with Crippen molar-refractivity contribution in [2.45, 2.75) is 13.8 Å². The Hall–Kier alpha value is -2.93. The summed E-state index contributed by atoms with van der Waals surface area (Å²) < 4.78 is 1.87. The molecule has 0 fully saturated rings. The maximum Gasteiger partial charge on any atom is 0.267 e. The van der Waals surface area contributed by atoms with Crippen molar-refractivity contribution in [3.63, 3.8) is 0 Å². The zero-order valence-corrected chi connectivity index (χ0v) is 14.1. The molecule has 24 heavy (non-hydrogen) atoms. The first-order chi connectivity index (χ1) is 11.5. The largest absolute Gasteiger partial charge is 0.326 e. The number of nitrogens with one attached hydrogen (secondary N) is 2. The number of rotatable bonds is 4. The maximum atomic E-state index is 12.5. The summed E-state index contributed by atoms with van der Waals surface area (Å²) in [5.74, 6) is -0.333. The topological polar surface area (TPSA) is 76.0 Å². The van der Waals surface area contributed by atoms with E-state index in [1.54, 1.807) is 24.3 Å². The molecule has 0 atom stereocenters. The summed E-state index contributed by atoms with van der Waals surface area (Å²) in [6, 6.07) is 10.8. The fourth-order valence-electron chi connectivity index (χ4n) is 2.19. The first-order valence-corrected chi connectivity index (χ1v) is 8.14. The van der Waals surface area contributed by atoms with Crippen LogP contribution in [0.25, 0.3) is 5.13 Å². The number of benzene rings is 1. The fourth-order valence-corrected chi connectivity index (χ4v) is 3.12. The van der Waals surface area contributed by atoms with Crippen LogP contribution in [0.4, 0.5) is 11.4 Å². The lowest BCUT2D eigenvalue weighted by Gasteiger charge is -2.06. The van der Waals surface area contributed by atoms with Crippen LogP contribution in [0.3, 0.4) is 0 Å². The van der Waals surface area contributed by atoms with Crippen LogP contribution in [0, 0.1) is 6.92 Å². The van der Waals surface area contributed by atoms with Gasteiger partial charge in [-0.05, 0) is 43.3 Å². The van der Waals surface area contributed by atoms with Crippen LogP contribution in [-0.4, -0.2) is 21.4 Å². The number of amides is 2. The number of carbonyl (C=O) groups excluding carboxylic acids is 2. The summed E-state index contributed by atoms with van der Waals surface area (Å²) in [7, 11) is 0. The minimum absolute atomic E-state index is 0.135. The molecule has 3 rings (SSSR count). The molecule has 0 saturated heterocycles. The van der Waals surface area contributed by atoms with Crippen molar-refractivity contribution in [1.82, 2.24) is 9.55 Å². The van der Waals surface area contributed by atoms with Crippen LogP contribution in [-0.2, 0) is 4.79 Å². The average Bonchev–Trinajstić information content (AvgIpc) is 3.18. The number of hydrogen-bond acceptors (Lipinski definition) is 4. The monoisotopic (exact) mass is 340 g/mol. The van der Waals surface area contributed by atoms with E-state index < -0.39 is 0 Å². The molecule has 2 aromatic heterocycles. The van der Waals surface area contributed by atoms with Crippen molar-refractivity contribution in [2.75, 3.05) is 10.6 Å². The first-order valence-electron chi connectivity index (χ1n) is 7.33. The summed E-state index contributed by atoms with van der Waals surface area (Å²) in [4.78, 5) is 28.5. The van der Waals surface area contributed by atoms with E-state index in [4.69, 9.17) is 0 Å². The van der Waals surface area contributed by atoms with E-state index in [-0.39, 0.29) is 11.8 Å². The van der Waals surface area contributed by atoms with Gasteiger partial charge < -0.3 is 15.2 Å². The second kappa shape index (κ2) is 6.67. The molecule has 0 radical (unpaired) electrons.